The Morgan fingerprint density at radius 3 is 2.31 bits per heavy atom. The first-order valence-electron chi connectivity index (χ1n) is 9.07. The topological polar surface area (TPSA) is 102 Å². The summed E-state index contributed by atoms with van der Waals surface area (Å²) in [5.74, 6) is -2.45. The van der Waals surface area contributed by atoms with E-state index in [1.165, 1.54) is 30.5 Å². The van der Waals surface area contributed by atoms with E-state index in [4.69, 9.17) is 39.5 Å². The largest absolute Gasteiger partial charge is 0.452 e. The Balaban J connectivity index is 1.52. The summed E-state index contributed by atoms with van der Waals surface area (Å²) in [7, 11) is 0. The molecule has 0 aliphatic heterocycles. The second-order valence-corrected chi connectivity index (χ2v) is 7.88. The molecule has 0 atom stereocenters. The summed E-state index contributed by atoms with van der Waals surface area (Å²) < 4.78 is 5.00. The van der Waals surface area contributed by atoms with Gasteiger partial charge in [0.25, 0.3) is 5.91 Å². The molecule has 0 unspecified atom stereocenters. The lowest BCUT2D eigenvalue weighted by Gasteiger charge is -2.19. The van der Waals surface area contributed by atoms with Crippen molar-refractivity contribution in [2.24, 2.45) is 0 Å². The van der Waals surface area contributed by atoms with Crippen LogP contribution < -0.4 is 5.32 Å². The number of aromatic nitrogens is 1. The van der Waals surface area contributed by atoms with E-state index in [0.29, 0.717) is 0 Å². The summed E-state index contributed by atoms with van der Waals surface area (Å²) in [5, 5.41) is 2.56. The molecule has 3 aromatic rings. The Hall–Kier alpha value is -3.26. The molecule has 0 saturated heterocycles. The van der Waals surface area contributed by atoms with Crippen molar-refractivity contribution in [3.63, 3.8) is 0 Å². The maximum absolute atomic E-state index is 12.9. The molecule has 0 radical (unpaired) electrons. The fourth-order valence-electron chi connectivity index (χ4n) is 3.19. The molecule has 0 spiro atoms. The van der Waals surface area contributed by atoms with Crippen LogP contribution in [0.15, 0.2) is 48.7 Å². The van der Waals surface area contributed by atoms with Crippen LogP contribution in [0.1, 0.15) is 42.2 Å². The average molecular weight is 490 g/mol. The molecule has 1 aliphatic carbocycles. The average Bonchev–Trinajstić information content (AvgIpc) is 2.77. The summed E-state index contributed by atoms with van der Waals surface area (Å²) in [5.41, 5.74) is 0.330. The molecule has 1 heterocycles. The van der Waals surface area contributed by atoms with Gasteiger partial charge in [-0.15, -0.1) is 0 Å². The smallest absolute Gasteiger partial charge is 0.340 e. The van der Waals surface area contributed by atoms with E-state index >= 15 is 0 Å². The molecule has 0 bridgehead atoms. The maximum Gasteiger partial charge on any atom is 0.340 e. The molecule has 0 fully saturated rings. The monoisotopic (exact) mass is 488 g/mol. The number of hydrogen-bond donors (Lipinski definition) is 1. The second-order valence-electron chi connectivity index (χ2n) is 6.66. The number of anilines is 1. The number of nitrogens with one attached hydrogen (secondary N) is 1. The van der Waals surface area contributed by atoms with Crippen LogP contribution in [-0.2, 0) is 9.53 Å². The highest BCUT2D eigenvalue weighted by molar-refractivity contribution is 6.41. The maximum atomic E-state index is 12.9. The van der Waals surface area contributed by atoms with Gasteiger partial charge in [0.15, 0.2) is 24.0 Å². The van der Waals surface area contributed by atoms with Crippen molar-refractivity contribution in [2.45, 2.75) is 0 Å². The summed E-state index contributed by atoms with van der Waals surface area (Å²) >= 11 is 18.0. The van der Waals surface area contributed by atoms with Crippen LogP contribution in [-0.4, -0.2) is 35.0 Å². The first kappa shape index (κ1) is 22.0. The summed E-state index contributed by atoms with van der Waals surface area (Å²) in [6.07, 6.45) is 1.29. The number of fused-ring (bicyclic) bond motifs is 2. The van der Waals surface area contributed by atoms with Crippen molar-refractivity contribution >= 4 is 64.1 Å². The van der Waals surface area contributed by atoms with E-state index in [0.717, 1.165) is 0 Å². The highest BCUT2D eigenvalue weighted by atomic mass is 35.5. The lowest BCUT2D eigenvalue weighted by Crippen LogP contribution is -2.24. The number of esters is 1. The number of halogens is 3. The quantitative estimate of drug-likeness (QED) is 0.420. The normalized spacial score (nSPS) is 12.1. The lowest BCUT2D eigenvalue weighted by atomic mass is 9.83. The minimum atomic E-state index is -0.942. The molecule has 1 N–H and O–H groups in total. The van der Waals surface area contributed by atoms with Crippen molar-refractivity contribution in [1.29, 1.82) is 0 Å². The summed E-state index contributed by atoms with van der Waals surface area (Å²) in [6, 6.07) is 10.3. The Kier molecular flexibility index (Phi) is 5.97. The van der Waals surface area contributed by atoms with Gasteiger partial charge in [-0.25, -0.2) is 9.78 Å². The van der Waals surface area contributed by atoms with Crippen LogP contribution in [0.25, 0.3) is 0 Å². The molecule has 10 heteroatoms. The minimum absolute atomic E-state index is 0.0479. The third kappa shape index (κ3) is 3.98. The van der Waals surface area contributed by atoms with Crippen LogP contribution in [0, 0.1) is 0 Å². The van der Waals surface area contributed by atoms with Gasteiger partial charge in [-0.1, -0.05) is 59.1 Å². The van der Waals surface area contributed by atoms with Crippen molar-refractivity contribution < 1.29 is 23.9 Å². The molecule has 1 aliphatic rings. The van der Waals surface area contributed by atoms with Gasteiger partial charge in [0.2, 0.25) is 0 Å². The van der Waals surface area contributed by atoms with Crippen LogP contribution in [0.2, 0.25) is 15.1 Å². The first-order chi connectivity index (χ1) is 15.3. The number of pyridine rings is 1. The van der Waals surface area contributed by atoms with E-state index < -0.39 is 24.3 Å². The third-order valence-corrected chi connectivity index (χ3v) is 5.54. The number of ether oxygens (including phenoxy) is 1. The number of ketones is 2. The number of carbonyl (C=O) groups excluding carboxylic acids is 4. The second kappa shape index (κ2) is 8.70. The third-order valence-electron chi connectivity index (χ3n) is 4.65. The lowest BCUT2D eigenvalue weighted by molar-refractivity contribution is -0.119. The van der Waals surface area contributed by atoms with Crippen LogP contribution in [0.4, 0.5) is 5.82 Å². The first-order valence-corrected chi connectivity index (χ1v) is 10.2. The van der Waals surface area contributed by atoms with E-state index in [2.05, 4.69) is 10.3 Å². The molecule has 4 rings (SSSR count). The molecular weight excluding hydrogens is 479 g/mol. The van der Waals surface area contributed by atoms with Gasteiger partial charge < -0.3 is 10.1 Å². The zero-order valence-electron chi connectivity index (χ0n) is 15.9. The number of benzene rings is 2. The minimum Gasteiger partial charge on any atom is -0.452 e. The van der Waals surface area contributed by atoms with Gasteiger partial charge in [0.1, 0.15) is 0 Å². The Bertz CT molecular complexity index is 1320. The number of carbonyl (C=O) groups is 4. The fraction of sp³-hybridized carbons (Fsp3) is 0.0455. The highest BCUT2D eigenvalue weighted by Gasteiger charge is 2.33. The molecule has 7 nitrogen and oxygen atoms in total. The van der Waals surface area contributed by atoms with Gasteiger partial charge in [0.05, 0.1) is 26.2 Å². The van der Waals surface area contributed by atoms with E-state index in [1.54, 1.807) is 18.2 Å². The van der Waals surface area contributed by atoms with Gasteiger partial charge in [-0.3, -0.25) is 14.4 Å². The number of amides is 1. The van der Waals surface area contributed by atoms with Crippen LogP contribution in [0.5, 0.6) is 0 Å². The van der Waals surface area contributed by atoms with E-state index in [9.17, 15) is 19.2 Å². The Morgan fingerprint density at radius 1 is 0.938 bits per heavy atom. The van der Waals surface area contributed by atoms with E-state index in [1.807, 2.05) is 0 Å². The van der Waals surface area contributed by atoms with Crippen molar-refractivity contribution in [1.82, 2.24) is 4.98 Å². The molecule has 2 aromatic carbocycles. The SMILES string of the molecule is O=C(COC(=O)c1ccc2c(c1Cl)C(=O)c1ccccc1C2=O)Nc1ncc(Cl)cc1Cl. The Morgan fingerprint density at radius 2 is 1.62 bits per heavy atom. The molecule has 160 valence electrons. The number of nitrogens with zero attached hydrogens (tertiary/aromatic N) is 1. The number of hydrogen-bond acceptors (Lipinski definition) is 6. The Labute approximate surface area is 196 Å². The zero-order valence-corrected chi connectivity index (χ0v) is 18.2. The van der Waals surface area contributed by atoms with Gasteiger partial charge in [0, 0.05) is 22.9 Å². The predicted octanol–water partition coefficient (Wildman–Crippen LogP) is 4.61. The number of rotatable bonds is 4. The van der Waals surface area contributed by atoms with Gasteiger partial charge >= 0.3 is 5.97 Å². The fourth-order valence-corrected chi connectivity index (χ4v) is 3.94. The molecule has 32 heavy (non-hydrogen) atoms. The van der Waals surface area contributed by atoms with E-state index in [-0.39, 0.29) is 54.5 Å². The highest BCUT2D eigenvalue weighted by Crippen LogP contribution is 2.34. The van der Waals surface area contributed by atoms with Crippen LogP contribution >= 0.6 is 34.8 Å². The molecule has 1 aromatic heterocycles. The summed E-state index contributed by atoms with van der Waals surface area (Å²) in [6.45, 7) is -0.664. The van der Waals surface area contributed by atoms with Crippen LogP contribution in [0.3, 0.4) is 0 Å². The summed E-state index contributed by atoms with van der Waals surface area (Å²) in [4.78, 5) is 54.1. The zero-order chi connectivity index (χ0) is 23.0. The van der Waals surface area contributed by atoms with Gasteiger partial charge in [-0.05, 0) is 18.2 Å². The van der Waals surface area contributed by atoms with Crippen molar-refractivity contribution in [3.8, 4) is 0 Å². The predicted molar refractivity (Wildman–Crippen MR) is 118 cm³/mol. The van der Waals surface area contributed by atoms with Gasteiger partial charge in [-0.2, -0.15) is 0 Å². The molecule has 0 saturated carbocycles. The van der Waals surface area contributed by atoms with Crippen molar-refractivity contribution in [3.05, 3.63) is 91.5 Å². The van der Waals surface area contributed by atoms with Crippen molar-refractivity contribution in [2.75, 3.05) is 11.9 Å². The molecular formula is C22H11Cl3N2O5. The standard InChI is InChI=1S/C22H11Cl3N2O5/c23-10-7-15(24)21(26-8-10)27-16(28)9-32-22(31)14-6-5-13-17(18(14)25)20(30)12-4-2-1-3-11(12)19(13)29/h1-8H,9H2,(H,26,27,28). The molecule has 1 amide bonds.